The van der Waals surface area contributed by atoms with Gasteiger partial charge < -0.3 is 15.3 Å². The third kappa shape index (κ3) is 25.7. The van der Waals surface area contributed by atoms with Crippen molar-refractivity contribution < 1.29 is 55.3 Å². The fourth-order valence-corrected chi connectivity index (χ4v) is 3.81. The van der Waals surface area contributed by atoms with Gasteiger partial charge in [0.05, 0.1) is 13.0 Å². The minimum atomic E-state index is -4.84. The molecule has 1 unspecified atom stereocenters. The topological polar surface area (TPSA) is 210 Å². The van der Waals surface area contributed by atoms with Gasteiger partial charge in [-0.05, 0) is 6.42 Å². The van der Waals surface area contributed by atoms with E-state index in [1.165, 1.54) is 44.9 Å². The van der Waals surface area contributed by atoms with E-state index in [2.05, 4.69) is 11.1 Å². The van der Waals surface area contributed by atoms with Crippen LogP contribution in [0.3, 0.4) is 0 Å². The van der Waals surface area contributed by atoms with Gasteiger partial charge in [-0.1, -0.05) is 64.7 Å². The first-order valence-electron chi connectivity index (χ1n) is 10.2. The summed E-state index contributed by atoms with van der Waals surface area (Å²) in [6.45, 7) is 2.30. The molecule has 0 aromatic rings. The summed E-state index contributed by atoms with van der Waals surface area (Å²) in [7, 11) is -8.73. The second-order valence-electron chi connectivity index (χ2n) is 7.04. The Morgan fingerprint density at radius 3 is 1.48 bits per heavy atom. The van der Waals surface area contributed by atoms with Gasteiger partial charge in [0.25, 0.3) is 20.2 Å². The normalized spacial score (nSPS) is 12.1. The quantitative estimate of drug-likeness (QED) is 0.0859. The van der Waals surface area contributed by atoms with Gasteiger partial charge in [-0.25, -0.2) is 0 Å². The number of hydrogen-bond donors (Lipinski definition) is 4. The number of unbranched alkanes of at least 4 members (excludes halogenated alkanes) is 9. The number of aliphatic carboxylic acids is 3. The van der Waals surface area contributed by atoms with Crippen LogP contribution < -0.4 is 0 Å². The van der Waals surface area contributed by atoms with Gasteiger partial charge in [-0.2, -0.15) is 16.8 Å². The first kappa shape index (κ1) is 36.8. The summed E-state index contributed by atoms with van der Waals surface area (Å²) in [5.74, 6) is -5.84. The first-order chi connectivity index (χ1) is 14.7. The third-order valence-electron chi connectivity index (χ3n) is 4.06. The van der Waals surface area contributed by atoms with Gasteiger partial charge >= 0.3 is 47.5 Å². The van der Waals surface area contributed by atoms with E-state index < -0.39 is 55.6 Å². The standard InChI is InChI=1S/C14H28O5S.C4H6O7S.Na.H/c1-2-3-4-5-6-7-8-9-10-11-12-19-20(17,18)13-14(15)16;5-3(6)1-2(4(7)8)12(9,10)11;;/h2-13H2,1H3,(H,15,16);2H,1H2,(H,5,6)(H,7,8)(H,9,10,11);;. The fraction of sp³-hybridized carbons (Fsp3) is 0.833. The molecule has 33 heavy (non-hydrogen) atoms. The van der Waals surface area contributed by atoms with Crippen molar-refractivity contribution in [2.24, 2.45) is 0 Å². The van der Waals surface area contributed by atoms with Gasteiger partial charge in [0.1, 0.15) is 0 Å². The molecular formula is C18H35NaO12S2. The molecule has 1 atom stereocenters. The summed E-state index contributed by atoms with van der Waals surface area (Å²) < 4.78 is 55.5. The molecule has 0 spiro atoms. The Morgan fingerprint density at radius 1 is 0.758 bits per heavy atom. The predicted octanol–water partition coefficient (Wildman–Crippen LogP) is 1.49. The average Bonchev–Trinajstić information content (AvgIpc) is 2.62. The SMILES string of the molecule is CCCCCCCCCCCCOS(=O)(=O)CC(=O)O.O=C(O)CC(C(=O)O)S(=O)(=O)O.[NaH]. The van der Waals surface area contributed by atoms with Crippen molar-refractivity contribution in [1.29, 1.82) is 0 Å². The summed E-state index contributed by atoms with van der Waals surface area (Å²) in [4.78, 5) is 30.3. The van der Waals surface area contributed by atoms with Crippen LogP contribution in [0, 0.1) is 0 Å². The Morgan fingerprint density at radius 2 is 1.18 bits per heavy atom. The van der Waals surface area contributed by atoms with Crippen molar-refractivity contribution in [2.75, 3.05) is 12.4 Å². The molecule has 192 valence electrons. The molecule has 0 aliphatic carbocycles. The van der Waals surface area contributed by atoms with Crippen molar-refractivity contribution in [3.8, 4) is 0 Å². The Kier molecular flexibility index (Phi) is 23.0. The van der Waals surface area contributed by atoms with Gasteiger partial charge in [-0.15, -0.1) is 0 Å². The number of carbonyl (C=O) groups is 3. The Balaban J connectivity index is -0.000000596. The van der Waals surface area contributed by atoms with Gasteiger partial charge in [-0.3, -0.25) is 23.1 Å². The number of rotatable bonds is 18. The molecule has 0 aliphatic rings. The van der Waals surface area contributed by atoms with Crippen molar-refractivity contribution in [3.05, 3.63) is 0 Å². The molecule has 0 amide bonds. The van der Waals surface area contributed by atoms with E-state index in [0.717, 1.165) is 12.8 Å². The molecule has 0 saturated heterocycles. The molecule has 0 aliphatic heterocycles. The van der Waals surface area contributed by atoms with Crippen LogP contribution in [0.2, 0.25) is 0 Å². The van der Waals surface area contributed by atoms with Crippen LogP contribution in [0.4, 0.5) is 0 Å². The van der Waals surface area contributed by atoms with Crippen LogP contribution in [0.1, 0.15) is 77.6 Å². The second-order valence-corrected chi connectivity index (χ2v) is 10.3. The summed E-state index contributed by atoms with van der Waals surface area (Å²) in [5, 5.41) is 22.3. The van der Waals surface area contributed by atoms with E-state index in [-0.39, 0.29) is 36.2 Å². The molecule has 0 aromatic carbocycles. The van der Waals surface area contributed by atoms with Gasteiger partial charge in [0.2, 0.25) is 0 Å². The molecule has 0 rings (SSSR count). The van der Waals surface area contributed by atoms with E-state index in [4.69, 9.17) is 19.9 Å². The zero-order valence-corrected chi connectivity index (χ0v) is 19.8. The van der Waals surface area contributed by atoms with Gasteiger partial charge in [0, 0.05) is 0 Å². The Labute approximate surface area is 217 Å². The van der Waals surface area contributed by atoms with Crippen molar-refractivity contribution in [3.63, 3.8) is 0 Å². The number of carboxylic acid groups (broad SMARTS) is 3. The Hall–Kier alpha value is -0.770. The van der Waals surface area contributed by atoms with Crippen molar-refractivity contribution in [2.45, 2.75) is 82.8 Å². The molecule has 0 radical (unpaired) electrons. The molecule has 0 bridgehead atoms. The van der Waals surface area contributed by atoms with Crippen molar-refractivity contribution in [1.82, 2.24) is 0 Å². The van der Waals surface area contributed by atoms with Crippen LogP contribution in [-0.4, -0.2) is 102 Å². The van der Waals surface area contributed by atoms with Gasteiger partial charge in [0.15, 0.2) is 11.0 Å². The first-order valence-corrected chi connectivity index (χ1v) is 13.3. The molecule has 15 heteroatoms. The molecular weight excluding hydrogens is 495 g/mol. The third-order valence-corrected chi connectivity index (χ3v) is 6.27. The molecule has 0 saturated carbocycles. The summed E-state index contributed by atoms with van der Waals surface area (Å²) in [6, 6.07) is 0. The van der Waals surface area contributed by atoms with Crippen LogP contribution in [0.5, 0.6) is 0 Å². The zero-order chi connectivity index (χ0) is 25.2. The monoisotopic (exact) mass is 530 g/mol. The summed E-state index contributed by atoms with van der Waals surface area (Å²) in [6.07, 6.45) is 10.4. The molecule has 0 heterocycles. The number of carboxylic acids is 3. The van der Waals surface area contributed by atoms with E-state index in [1.807, 2.05) is 0 Å². The minimum absolute atomic E-state index is 0. The molecule has 4 N–H and O–H groups in total. The summed E-state index contributed by atoms with van der Waals surface area (Å²) in [5.41, 5.74) is 0. The van der Waals surface area contributed by atoms with E-state index in [1.54, 1.807) is 0 Å². The van der Waals surface area contributed by atoms with E-state index >= 15 is 0 Å². The average molecular weight is 531 g/mol. The predicted molar refractivity (Wildman–Crippen MR) is 122 cm³/mol. The number of hydrogen-bond acceptors (Lipinski definition) is 8. The van der Waals surface area contributed by atoms with Crippen molar-refractivity contribution >= 4 is 67.7 Å². The van der Waals surface area contributed by atoms with E-state index in [9.17, 15) is 31.2 Å². The van der Waals surface area contributed by atoms with E-state index in [0.29, 0.717) is 6.42 Å². The van der Waals surface area contributed by atoms with Crippen LogP contribution >= 0.6 is 0 Å². The second kappa shape index (κ2) is 20.6. The zero-order valence-electron chi connectivity index (χ0n) is 18.1. The van der Waals surface area contributed by atoms with Crippen LogP contribution in [0.15, 0.2) is 0 Å². The van der Waals surface area contributed by atoms with Crippen LogP contribution in [-0.2, 0) is 38.8 Å². The molecule has 12 nitrogen and oxygen atoms in total. The maximum atomic E-state index is 11.1. The fourth-order valence-electron chi connectivity index (χ4n) is 2.45. The summed E-state index contributed by atoms with van der Waals surface area (Å²) >= 11 is 0. The van der Waals surface area contributed by atoms with Crippen LogP contribution in [0.25, 0.3) is 0 Å². The Bertz CT molecular complexity index is 765. The molecule has 0 aromatic heterocycles. The maximum absolute atomic E-state index is 11.1. The molecule has 0 fully saturated rings.